The molecule has 1 aromatic heterocycles. The molecule has 1 N–H and O–H groups in total. The number of ketones is 1. The zero-order valence-corrected chi connectivity index (χ0v) is 26.3. The van der Waals surface area contributed by atoms with E-state index in [9.17, 15) is 4.79 Å². The van der Waals surface area contributed by atoms with Crippen LogP contribution in [0.1, 0.15) is 36.0 Å². The minimum Gasteiger partial charge on any atom is -0.496 e. The molecule has 0 aliphatic carbocycles. The van der Waals surface area contributed by atoms with Crippen LogP contribution in [0, 0.1) is 5.82 Å². The number of rotatable bonds is 11. The Kier molecular flexibility index (Phi) is 9.88. The summed E-state index contributed by atoms with van der Waals surface area (Å²) in [5.74, 6) is 0.696. The molecular weight excluding hydrogens is 581 g/mol. The molecular formula is C37H40FN5O3. The van der Waals surface area contributed by atoms with E-state index in [2.05, 4.69) is 28.9 Å². The fourth-order valence-corrected chi connectivity index (χ4v) is 6.16. The normalized spacial score (nSPS) is 15.0. The highest BCUT2D eigenvalue weighted by molar-refractivity contribution is 5.91. The standard InChI is InChI=1S/C37H40FN5O3/c1-3-31(44)21-27-11-13-35(45-2)32(22-27)36-28(20-26-10-12-34(33(38)23-26)43-16-18-46-19-17-43)25-39-37(41-36)40-29-8-7-9-30(24-29)42-14-5-4-6-15-42/h3,7-13,22-25H,1,4-6,14-21H2,2H3,(H,39,40,41). The average Bonchev–Trinajstić information content (AvgIpc) is 3.10. The Balaban J connectivity index is 1.35. The first-order valence-corrected chi connectivity index (χ1v) is 15.9. The lowest BCUT2D eigenvalue weighted by Gasteiger charge is -2.29. The highest BCUT2D eigenvalue weighted by atomic mass is 19.1. The zero-order chi connectivity index (χ0) is 31.9. The Morgan fingerprint density at radius 3 is 2.57 bits per heavy atom. The molecule has 3 aromatic carbocycles. The Labute approximate surface area is 269 Å². The van der Waals surface area contributed by atoms with Crippen LogP contribution in [-0.2, 0) is 22.4 Å². The number of nitrogens with one attached hydrogen (secondary N) is 1. The van der Waals surface area contributed by atoms with Gasteiger partial charge < -0.3 is 24.6 Å². The van der Waals surface area contributed by atoms with Crippen LogP contribution in [0.5, 0.6) is 5.75 Å². The first kappa shape index (κ1) is 31.2. The van der Waals surface area contributed by atoms with Crippen LogP contribution >= 0.6 is 0 Å². The van der Waals surface area contributed by atoms with Gasteiger partial charge in [0, 0.05) is 67.7 Å². The molecule has 2 fully saturated rings. The number of anilines is 4. The molecule has 46 heavy (non-hydrogen) atoms. The third-order valence-electron chi connectivity index (χ3n) is 8.57. The summed E-state index contributed by atoms with van der Waals surface area (Å²) >= 11 is 0. The van der Waals surface area contributed by atoms with Gasteiger partial charge in [-0.1, -0.05) is 24.8 Å². The summed E-state index contributed by atoms with van der Waals surface area (Å²) in [6.45, 7) is 8.22. The molecule has 0 bridgehead atoms. The molecule has 0 spiro atoms. The number of hydrogen-bond acceptors (Lipinski definition) is 8. The second-order valence-electron chi connectivity index (χ2n) is 11.7. The van der Waals surface area contributed by atoms with E-state index in [1.165, 1.54) is 31.0 Å². The van der Waals surface area contributed by atoms with Crippen molar-refractivity contribution in [1.82, 2.24) is 9.97 Å². The number of ether oxygens (including phenoxy) is 2. The largest absolute Gasteiger partial charge is 0.496 e. The van der Waals surface area contributed by atoms with Gasteiger partial charge >= 0.3 is 0 Å². The van der Waals surface area contributed by atoms with Crippen LogP contribution in [0.15, 0.2) is 79.5 Å². The van der Waals surface area contributed by atoms with Crippen molar-refractivity contribution in [3.8, 4) is 17.0 Å². The molecule has 6 rings (SSSR count). The predicted molar refractivity (Wildman–Crippen MR) is 181 cm³/mol. The summed E-state index contributed by atoms with van der Waals surface area (Å²) in [4.78, 5) is 26.3. The molecule has 2 aliphatic heterocycles. The first-order chi connectivity index (χ1) is 22.5. The third kappa shape index (κ3) is 7.37. The number of carbonyl (C=O) groups is 1. The number of aromatic nitrogens is 2. The van der Waals surface area contributed by atoms with Gasteiger partial charge in [-0.05, 0) is 78.9 Å². The highest BCUT2D eigenvalue weighted by Crippen LogP contribution is 2.35. The molecule has 0 saturated carbocycles. The summed E-state index contributed by atoms with van der Waals surface area (Å²) in [7, 11) is 1.61. The van der Waals surface area contributed by atoms with E-state index in [0.29, 0.717) is 55.8 Å². The van der Waals surface area contributed by atoms with E-state index >= 15 is 4.39 Å². The number of morpholine rings is 1. The van der Waals surface area contributed by atoms with Crippen LogP contribution in [0.3, 0.4) is 0 Å². The van der Waals surface area contributed by atoms with Crippen LogP contribution in [-0.4, -0.2) is 62.3 Å². The fourth-order valence-electron chi connectivity index (χ4n) is 6.16. The number of hydrogen-bond donors (Lipinski definition) is 1. The van der Waals surface area contributed by atoms with Crippen molar-refractivity contribution in [1.29, 1.82) is 0 Å². The lowest BCUT2D eigenvalue weighted by molar-refractivity contribution is -0.114. The van der Waals surface area contributed by atoms with Crippen LogP contribution in [0.2, 0.25) is 0 Å². The molecule has 3 heterocycles. The molecule has 0 radical (unpaired) electrons. The Hall–Kier alpha value is -4.76. The third-order valence-corrected chi connectivity index (χ3v) is 8.57. The van der Waals surface area contributed by atoms with Gasteiger partial charge in [0.1, 0.15) is 11.6 Å². The van der Waals surface area contributed by atoms with Gasteiger partial charge in [-0.3, -0.25) is 4.79 Å². The van der Waals surface area contributed by atoms with Gasteiger partial charge in [0.05, 0.1) is 31.7 Å². The van der Waals surface area contributed by atoms with Crippen LogP contribution in [0.25, 0.3) is 11.3 Å². The average molecular weight is 622 g/mol. The second kappa shape index (κ2) is 14.6. The van der Waals surface area contributed by atoms with Gasteiger partial charge in [-0.2, -0.15) is 0 Å². The minimum atomic E-state index is -0.267. The minimum absolute atomic E-state index is 0.0780. The van der Waals surface area contributed by atoms with Gasteiger partial charge in [-0.25, -0.2) is 14.4 Å². The lowest BCUT2D eigenvalue weighted by Crippen LogP contribution is -2.36. The molecule has 9 heteroatoms. The molecule has 0 unspecified atom stereocenters. The summed E-state index contributed by atoms with van der Waals surface area (Å²) < 4.78 is 26.6. The number of benzene rings is 3. The summed E-state index contributed by atoms with van der Waals surface area (Å²) in [5.41, 5.74) is 6.43. The van der Waals surface area contributed by atoms with Gasteiger partial charge in [-0.15, -0.1) is 0 Å². The van der Waals surface area contributed by atoms with E-state index in [-0.39, 0.29) is 18.0 Å². The monoisotopic (exact) mass is 621 g/mol. The number of piperidine rings is 1. The summed E-state index contributed by atoms with van der Waals surface area (Å²) in [6.07, 6.45) is 7.40. The van der Waals surface area contributed by atoms with Crippen molar-refractivity contribution in [2.75, 3.05) is 61.6 Å². The van der Waals surface area contributed by atoms with Crippen molar-refractivity contribution in [3.63, 3.8) is 0 Å². The Morgan fingerprint density at radius 2 is 1.80 bits per heavy atom. The van der Waals surface area contributed by atoms with Crippen molar-refractivity contribution in [3.05, 3.63) is 102 Å². The molecule has 238 valence electrons. The van der Waals surface area contributed by atoms with E-state index in [0.717, 1.165) is 41.0 Å². The summed E-state index contributed by atoms with van der Waals surface area (Å²) in [6, 6.07) is 19.3. The van der Waals surface area contributed by atoms with E-state index < -0.39 is 0 Å². The topological polar surface area (TPSA) is 79.8 Å². The van der Waals surface area contributed by atoms with Crippen LogP contribution < -0.4 is 19.9 Å². The lowest BCUT2D eigenvalue weighted by atomic mass is 9.97. The summed E-state index contributed by atoms with van der Waals surface area (Å²) in [5, 5.41) is 3.40. The van der Waals surface area contributed by atoms with Crippen molar-refractivity contribution >= 4 is 28.8 Å². The maximum atomic E-state index is 15.4. The van der Waals surface area contributed by atoms with Crippen molar-refractivity contribution in [2.24, 2.45) is 0 Å². The molecule has 2 saturated heterocycles. The molecule has 0 atom stereocenters. The maximum absolute atomic E-state index is 15.4. The predicted octanol–water partition coefficient (Wildman–Crippen LogP) is 6.75. The zero-order valence-electron chi connectivity index (χ0n) is 26.3. The molecule has 0 amide bonds. The van der Waals surface area contributed by atoms with E-state index in [1.54, 1.807) is 19.4 Å². The van der Waals surface area contributed by atoms with Crippen LogP contribution in [0.4, 0.5) is 27.4 Å². The number of halogens is 1. The van der Waals surface area contributed by atoms with Crippen molar-refractivity contribution in [2.45, 2.75) is 32.1 Å². The molecule has 4 aromatic rings. The number of carbonyl (C=O) groups excluding carboxylic acids is 1. The van der Waals surface area contributed by atoms with Crippen molar-refractivity contribution < 1.29 is 18.7 Å². The fraction of sp³-hybridized carbons (Fsp3) is 0.324. The number of methoxy groups -OCH3 is 1. The highest BCUT2D eigenvalue weighted by Gasteiger charge is 2.19. The molecule has 2 aliphatic rings. The van der Waals surface area contributed by atoms with E-state index in [4.69, 9.17) is 19.4 Å². The van der Waals surface area contributed by atoms with Gasteiger partial charge in [0.25, 0.3) is 0 Å². The SMILES string of the molecule is C=CC(=O)Cc1ccc(OC)c(-c2nc(Nc3cccc(N4CCCCC4)c3)ncc2Cc2ccc(N3CCOCC3)c(F)c2)c1. The number of allylic oxidation sites excluding steroid dienone is 1. The first-order valence-electron chi connectivity index (χ1n) is 15.9. The van der Waals surface area contributed by atoms with Gasteiger partial charge in [0.2, 0.25) is 5.95 Å². The second-order valence-corrected chi connectivity index (χ2v) is 11.7. The Bertz CT molecular complexity index is 1700. The van der Waals surface area contributed by atoms with Gasteiger partial charge in [0.15, 0.2) is 5.78 Å². The van der Waals surface area contributed by atoms with E-state index in [1.807, 2.05) is 47.4 Å². The molecule has 8 nitrogen and oxygen atoms in total. The number of nitrogens with zero attached hydrogens (tertiary/aromatic N) is 4. The quantitative estimate of drug-likeness (QED) is 0.184. The smallest absolute Gasteiger partial charge is 0.227 e. The maximum Gasteiger partial charge on any atom is 0.227 e. The Morgan fingerprint density at radius 1 is 1.00 bits per heavy atom.